The molecule has 0 spiro atoms. The summed E-state index contributed by atoms with van der Waals surface area (Å²) in [5.74, 6) is -0.486. The Labute approximate surface area is 226 Å². The van der Waals surface area contributed by atoms with Crippen LogP contribution in [0.5, 0.6) is 0 Å². The number of benzene rings is 2. The number of rotatable bonds is 4. The van der Waals surface area contributed by atoms with E-state index in [9.17, 15) is 9.59 Å². The summed E-state index contributed by atoms with van der Waals surface area (Å²) in [5.41, 5.74) is 2.52. The second-order valence-electron chi connectivity index (χ2n) is 6.15. The van der Waals surface area contributed by atoms with Crippen molar-refractivity contribution in [1.29, 1.82) is 0 Å². The average molecular weight is 521 g/mol. The molecule has 0 amide bonds. The van der Waals surface area contributed by atoms with E-state index in [1.165, 1.54) is 7.11 Å². The van der Waals surface area contributed by atoms with Gasteiger partial charge in [-0.25, -0.2) is 9.59 Å². The first kappa shape index (κ1) is 40.6. The number of carboxylic acid groups (broad SMARTS) is 1. The molecule has 0 aliphatic heterocycles. The fraction of sp³-hybridized carbons (Fsp3) is 0.483. The van der Waals surface area contributed by atoms with E-state index in [1.54, 1.807) is 50.5 Å². The van der Waals surface area contributed by atoms with Gasteiger partial charge >= 0.3 is 11.9 Å². The second-order valence-corrected chi connectivity index (χ2v) is 6.15. The van der Waals surface area contributed by atoms with Gasteiger partial charge in [-0.3, -0.25) is 4.99 Å². The van der Waals surface area contributed by atoms with Gasteiger partial charge in [0.05, 0.1) is 18.2 Å². The number of carbonyl (C=O) groups is 2. The molecule has 37 heavy (non-hydrogen) atoms. The third-order valence-corrected chi connectivity index (χ3v) is 3.95. The van der Waals surface area contributed by atoms with E-state index in [2.05, 4.69) is 15.0 Å². The zero-order chi connectivity index (χ0) is 30.0. The summed E-state index contributed by atoms with van der Waals surface area (Å²) in [6.45, 7) is 16.0. The standard InChI is InChI=1S/C12H17N3O2.C9H11NO2.4C2H6/c1-13-12(14(2)3)15(4)10-7-5-6-9(8-10)11(16)17;1-10-8-5-3-4-7(6-8)9(11)12-2;4*1-2/h5-8H,1-4H3,(H,16,17);3-6,10H,1-2H3;4*1-2H3. The Morgan fingerprint density at radius 1 is 0.838 bits per heavy atom. The van der Waals surface area contributed by atoms with Crippen LogP contribution in [0.15, 0.2) is 53.5 Å². The molecule has 0 radical (unpaired) electrons. The van der Waals surface area contributed by atoms with Crippen molar-refractivity contribution in [3.05, 3.63) is 59.7 Å². The maximum atomic E-state index is 11.0. The zero-order valence-corrected chi connectivity index (χ0v) is 25.6. The average Bonchev–Trinajstić information content (AvgIpc) is 2.97. The van der Waals surface area contributed by atoms with Crippen LogP contribution in [-0.2, 0) is 4.74 Å². The zero-order valence-electron chi connectivity index (χ0n) is 25.6. The first-order chi connectivity index (χ1) is 17.7. The molecule has 0 atom stereocenters. The van der Waals surface area contributed by atoms with Crippen LogP contribution in [0.25, 0.3) is 0 Å². The molecule has 8 nitrogen and oxygen atoms in total. The topological polar surface area (TPSA) is 94.5 Å². The summed E-state index contributed by atoms with van der Waals surface area (Å²) in [6.07, 6.45) is 0. The van der Waals surface area contributed by atoms with E-state index in [0.29, 0.717) is 5.56 Å². The fourth-order valence-electron chi connectivity index (χ4n) is 2.53. The van der Waals surface area contributed by atoms with Crippen LogP contribution in [0.3, 0.4) is 0 Å². The molecule has 0 aliphatic carbocycles. The lowest BCUT2D eigenvalue weighted by Gasteiger charge is -2.26. The maximum Gasteiger partial charge on any atom is 0.337 e. The highest BCUT2D eigenvalue weighted by Crippen LogP contribution is 2.16. The Morgan fingerprint density at radius 2 is 1.32 bits per heavy atom. The first-order valence-corrected chi connectivity index (χ1v) is 12.8. The van der Waals surface area contributed by atoms with Crippen molar-refractivity contribution in [3.63, 3.8) is 0 Å². The van der Waals surface area contributed by atoms with Crippen LogP contribution >= 0.6 is 0 Å². The highest BCUT2D eigenvalue weighted by atomic mass is 16.5. The van der Waals surface area contributed by atoms with E-state index in [0.717, 1.165) is 17.3 Å². The number of carboxylic acids is 1. The SMILES string of the molecule is CC.CC.CC.CC.CN=C(N(C)C)N(C)c1cccc(C(=O)O)c1.CNc1cccc(C(=O)OC)c1. The molecule has 0 aromatic heterocycles. The maximum absolute atomic E-state index is 11.0. The molecule has 8 heteroatoms. The van der Waals surface area contributed by atoms with Crippen molar-refractivity contribution in [2.24, 2.45) is 4.99 Å². The number of aromatic carboxylic acids is 1. The Hall–Kier alpha value is -3.55. The van der Waals surface area contributed by atoms with Gasteiger partial charge in [0.1, 0.15) is 0 Å². The largest absolute Gasteiger partial charge is 0.478 e. The van der Waals surface area contributed by atoms with Crippen molar-refractivity contribution in [2.75, 3.05) is 52.6 Å². The van der Waals surface area contributed by atoms with Crippen LogP contribution in [-0.4, -0.2) is 70.3 Å². The van der Waals surface area contributed by atoms with E-state index < -0.39 is 5.97 Å². The predicted molar refractivity (Wildman–Crippen MR) is 162 cm³/mol. The van der Waals surface area contributed by atoms with Gasteiger partial charge in [-0.1, -0.05) is 67.5 Å². The van der Waals surface area contributed by atoms with Crippen molar-refractivity contribution >= 4 is 29.3 Å². The summed E-state index contributed by atoms with van der Waals surface area (Å²) in [7, 11) is 10.5. The molecule has 0 unspecified atom stereocenters. The minimum atomic E-state index is -0.930. The highest BCUT2D eigenvalue weighted by Gasteiger charge is 2.12. The third kappa shape index (κ3) is 16.7. The number of guanidine groups is 1. The van der Waals surface area contributed by atoms with E-state index in [4.69, 9.17) is 5.11 Å². The molecule has 212 valence electrons. The normalized spacial score (nSPS) is 8.76. The lowest BCUT2D eigenvalue weighted by molar-refractivity contribution is 0.0600. The number of ether oxygens (including phenoxy) is 1. The number of aliphatic imine (C=N–C) groups is 1. The smallest absolute Gasteiger partial charge is 0.337 e. The minimum absolute atomic E-state index is 0.267. The van der Waals surface area contributed by atoms with E-state index in [-0.39, 0.29) is 11.5 Å². The number of methoxy groups -OCH3 is 1. The lowest BCUT2D eigenvalue weighted by atomic mass is 10.2. The molecule has 0 fully saturated rings. The molecule has 2 N–H and O–H groups in total. The second kappa shape index (κ2) is 27.0. The van der Waals surface area contributed by atoms with Gasteiger partial charge in [0.2, 0.25) is 0 Å². The molecular weight excluding hydrogens is 468 g/mol. The Morgan fingerprint density at radius 3 is 1.73 bits per heavy atom. The molecule has 0 heterocycles. The number of hydrogen-bond donors (Lipinski definition) is 2. The Kier molecular flexibility index (Phi) is 29.7. The van der Waals surface area contributed by atoms with Crippen LogP contribution in [0.4, 0.5) is 11.4 Å². The predicted octanol–water partition coefficient (Wildman–Crippen LogP) is 6.99. The lowest BCUT2D eigenvalue weighted by Crippen LogP contribution is -2.38. The number of hydrogen-bond acceptors (Lipinski definition) is 5. The van der Waals surface area contributed by atoms with Gasteiger partial charge in [-0.2, -0.15) is 0 Å². The number of nitrogens with zero attached hydrogens (tertiary/aromatic N) is 3. The third-order valence-electron chi connectivity index (χ3n) is 3.95. The molecular formula is C29H52N4O4. The van der Waals surface area contributed by atoms with E-state index >= 15 is 0 Å². The number of nitrogens with one attached hydrogen (secondary N) is 1. The number of esters is 1. The van der Waals surface area contributed by atoms with Crippen LogP contribution < -0.4 is 10.2 Å². The fourth-order valence-corrected chi connectivity index (χ4v) is 2.53. The molecule has 0 saturated heterocycles. The summed E-state index contributed by atoms with van der Waals surface area (Å²) >= 11 is 0. The molecule has 2 aromatic rings. The van der Waals surface area contributed by atoms with Crippen molar-refractivity contribution < 1.29 is 19.4 Å². The van der Waals surface area contributed by atoms with E-state index in [1.807, 2.05) is 98.5 Å². The van der Waals surface area contributed by atoms with Gasteiger partial charge in [-0.05, 0) is 36.4 Å². The van der Waals surface area contributed by atoms with Gasteiger partial charge in [0, 0.05) is 46.6 Å². The van der Waals surface area contributed by atoms with Crippen LogP contribution in [0.1, 0.15) is 76.1 Å². The van der Waals surface area contributed by atoms with Crippen molar-refractivity contribution in [2.45, 2.75) is 55.4 Å². The van der Waals surface area contributed by atoms with Gasteiger partial charge in [-0.15, -0.1) is 0 Å². The summed E-state index contributed by atoms with van der Waals surface area (Å²) in [5, 5.41) is 11.9. The van der Waals surface area contributed by atoms with Crippen LogP contribution in [0.2, 0.25) is 0 Å². The van der Waals surface area contributed by atoms with Gasteiger partial charge in [0.15, 0.2) is 5.96 Å². The first-order valence-electron chi connectivity index (χ1n) is 12.8. The molecule has 0 aliphatic rings. The molecule has 2 rings (SSSR count). The number of carbonyl (C=O) groups excluding carboxylic acids is 1. The van der Waals surface area contributed by atoms with Crippen molar-refractivity contribution in [1.82, 2.24) is 4.90 Å². The monoisotopic (exact) mass is 520 g/mol. The van der Waals surface area contributed by atoms with Gasteiger partial charge in [0.25, 0.3) is 0 Å². The highest BCUT2D eigenvalue weighted by molar-refractivity contribution is 5.97. The quantitative estimate of drug-likeness (QED) is 0.255. The molecule has 0 bridgehead atoms. The molecule has 2 aromatic carbocycles. The van der Waals surface area contributed by atoms with Gasteiger partial charge < -0.3 is 25.0 Å². The molecule has 0 saturated carbocycles. The Bertz CT molecular complexity index is 868. The summed E-state index contributed by atoms with van der Waals surface area (Å²) < 4.78 is 4.57. The van der Waals surface area contributed by atoms with Crippen molar-refractivity contribution in [3.8, 4) is 0 Å². The summed E-state index contributed by atoms with van der Waals surface area (Å²) in [6, 6.07) is 13.9. The minimum Gasteiger partial charge on any atom is -0.478 e. The Balaban J connectivity index is -0.000000238. The van der Waals surface area contributed by atoms with Crippen LogP contribution in [0, 0.1) is 0 Å². The summed E-state index contributed by atoms with van der Waals surface area (Å²) in [4.78, 5) is 29.8. The number of anilines is 2.